The molecule has 1 saturated heterocycles. The third-order valence-electron chi connectivity index (χ3n) is 4.96. The van der Waals surface area contributed by atoms with Crippen LogP contribution in [0.15, 0.2) is 42.6 Å². The lowest BCUT2D eigenvalue weighted by Gasteiger charge is -2.18. The topological polar surface area (TPSA) is 106 Å². The Labute approximate surface area is 161 Å². The summed E-state index contributed by atoms with van der Waals surface area (Å²) in [4.78, 5) is 25.8. The van der Waals surface area contributed by atoms with E-state index in [9.17, 15) is 14.9 Å². The Kier molecular flexibility index (Phi) is 4.64. The molecule has 1 N–H and O–H groups in total. The molecule has 1 aliphatic rings. The molecule has 28 heavy (non-hydrogen) atoms. The lowest BCUT2D eigenvalue weighted by atomic mass is 10.1. The number of pyridine rings is 1. The van der Waals surface area contributed by atoms with E-state index in [2.05, 4.69) is 15.5 Å². The molecule has 9 nitrogen and oxygen atoms in total. The van der Waals surface area contributed by atoms with Crippen molar-refractivity contribution in [3.05, 3.63) is 64.1 Å². The molecule has 1 aromatic carbocycles. The summed E-state index contributed by atoms with van der Waals surface area (Å²) in [5, 5.41) is 22.6. The Morgan fingerprint density at radius 2 is 2.00 bits per heavy atom. The van der Waals surface area contributed by atoms with Crippen molar-refractivity contribution in [2.75, 3.05) is 18.0 Å². The molecule has 1 fully saturated rings. The molecule has 1 atom stereocenters. The maximum Gasteiger partial charge on any atom is 0.293 e. The first-order valence-electron chi connectivity index (χ1n) is 9.18. The number of anilines is 1. The van der Waals surface area contributed by atoms with Gasteiger partial charge in [-0.2, -0.15) is 0 Å². The van der Waals surface area contributed by atoms with Crippen molar-refractivity contribution in [3.63, 3.8) is 0 Å². The van der Waals surface area contributed by atoms with Gasteiger partial charge in [-0.25, -0.2) is 0 Å². The molecule has 4 rings (SSSR count). The first-order chi connectivity index (χ1) is 13.5. The van der Waals surface area contributed by atoms with Crippen molar-refractivity contribution in [1.82, 2.24) is 19.9 Å². The summed E-state index contributed by atoms with van der Waals surface area (Å²) >= 11 is 0. The van der Waals surface area contributed by atoms with Gasteiger partial charge in [0.25, 0.3) is 11.6 Å². The number of carbonyl (C=O) groups excluding carboxylic acids is 1. The zero-order chi connectivity index (χ0) is 19.7. The maximum atomic E-state index is 12.7. The van der Waals surface area contributed by atoms with E-state index in [1.807, 2.05) is 29.3 Å². The predicted octanol–water partition coefficient (Wildman–Crippen LogP) is 2.73. The molecule has 0 radical (unpaired) electrons. The van der Waals surface area contributed by atoms with E-state index >= 15 is 0 Å². The monoisotopic (exact) mass is 380 g/mol. The fraction of sp³-hybridized carbons (Fsp3) is 0.316. The zero-order valence-electron chi connectivity index (χ0n) is 15.4. The van der Waals surface area contributed by atoms with Crippen LogP contribution in [-0.4, -0.2) is 38.5 Å². The number of nitrogens with one attached hydrogen (secondary N) is 1. The van der Waals surface area contributed by atoms with Crippen LogP contribution in [0.25, 0.3) is 5.65 Å². The van der Waals surface area contributed by atoms with Gasteiger partial charge in [0.2, 0.25) is 0 Å². The zero-order valence-corrected chi connectivity index (χ0v) is 15.4. The van der Waals surface area contributed by atoms with E-state index < -0.39 is 16.9 Å². The van der Waals surface area contributed by atoms with Crippen molar-refractivity contribution in [3.8, 4) is 0 Å². The molecule has 0 bridgehead atoms. The maximum absolute atomic E-state index is 12.7. The molecule has 3 aromatic rings. The molecule has 144 valence electrons. The number of aromatic nitrogens is 3. The van der Waals surface area contributed by atoms with E-state index in [0.717, 1.165) is 25.9 Å². The van der Waals surface area contributed by atoms with Gasteiger partial charge in [-0.3, -0.25) is 19.3 Å². The molecule has 0 spiro atoms. The van der Waals surface area contributed by atoms with Gasteiger partial charge >= 0.3 is 0 Å². The highest BCUT2D eigenvalue weighted by Gasteiger charge is 2.24. The summed E-state index contributed by atoms with van der Waals surface area (Å²) in [5.41, 5.74) is 1.45. The molecule has 2 aromatic heterocycles. The minimum Gasteiger partial charge on any atom is -0.366 e. The predicted molar refractivity (Wildman–Crippen MR) is 103 cm³/mol. The molecule has 9 heteroatoms. The molecule has 0 saturated carbocycles. The summed E-state index contributed by atoms with van der Waals surface area (Å²) < 4.78 is 1.80. The lowest BCUT2D eigenvalue weighted by molar-refractivity contribution is -0.384. The van der Waals surface area contributed by atoms with E-state index in [4.69, 9.17) is 0 Å². The van der Waals surface area contributed by atoms with Gasteiger partial charge in [0, 0.05) is 30.9 Å². The SMILES string of the molecule is CC(NC(=O)c1ccc(N2CCCC2)c([N+](=O)[O-])c1)c1nnc2ccccn12. The van der Waals surface area contributed by atoms with Crippen LogP contribution in [0, 0.1) is 10.1 Å². The number of nitro groups is 1. The average molecular weight is 380 g/mol. The molecule has 1 aliphatic heterocycles. The number of hydrogen-bond acceptors (Lipinski definition) is 6. The minimum atomic E-state index is -0.431. The van der Waals surface area contributed by atoms with E-state index in [0.29, 0.717) is 17.2 Å². The largest absolute Gasteiger partial charge is 0.366 e. The first-order valence-corrected chi connectivity index (χ1v) is 9.18. The van der Waals surface area contributed by atoms with Crippen molar-refractivity contribution in [2.45, 2.75) is 25.8 Å². The van der Waals surface area contributed by atoms with Crippen molar-refractivity contribution in [1.29, 1.82) is 0 Å². The number of fused-ring (bicyclic) bond motifs is 1. The third-order valence-corrected chi connectivity index (χ3v) is 4.96. The number of hydrogen-bond donors (Lipinski definition) is 1. The van der Waals surface area contributed by atoms with E-state index in [-0.39, 0.29) is 11.3 Å². The van der Waals surface area contributed by atoms with Crippen LogP contribution in [0.3, 0.4) is 0 Å². The molecule has 3 heterocycles. The number of nitrogens with zero attached hydrogens (tertiary/aromatic N) is 5. The summed E-state index contributed by atoms with van der Waals surface area (Å²) in [5.74, 6) is 0.198. The van der Waals surface area contributed by atoms with Gasteiger partial charge in [-0.15, -0.1) is 10.2 Å². The summed E-state index contributed by atoms with van der Waals surface area (Å²) in [6, 6.07) is 9.76. The molecular weight excluding hydrogens is 360 g/mol. The van der Waals surface area contributed by atoms with Gasteiger partial charge in [-0.1, -0.05) is 6.07 Å². The van der Waals surface area contributed by atoms with Gasteiger partial charge in [-0.05, 0) is 44.0 Å². The lowest BCUT2D eigenvalue weighted by Crippen LogP contribution is -2.28. The Morgan fingerprint density at radius 3 is 2.75 bits per heavy atom. The highest BCUT2D eigenvalue weighted by molar-refractivity contribution is 5.96. The molecular formula is C19H20N6O3. The van der Waals surface area contributed by atoms with Gasteiger partial charge in [0.1, 0.15) is 5.69 Å². The van der Waals surface area contributed by atoms with Crippen molar-refractivity contribution < 1.29 is 9.72 Å². The minimum absolute atomic E-state index is 0.0462. The second-order valence-electron chi connectivity index (χ2n) is 6.84. The Balaban J connectivity index is 1.57. The number of benzene rings is 1. The number of amides is 1. The smallest absolute Gasteiger partial charge is 0.293 e. The van der Waals surface area contributed by atoms with Crippen LogP contribution >= 0.6 is 0 Å². The van der Waals surface area contributed by atoms with Gasteiger partial charge in [0.15, 0.2) is 11.5 Å². The number of rotatable bonds is 5. The summed E-state index contributed by atoms with van der Waals surface area (Å²) in [7, 11) is 0. The van der Waals surface area contributed by atoms with Crippen LogP contribution in [-0.2, 0) is 0 Å². The number of nitro benzene ring substituents is 1. The van der Waals surface area contributed by atoms with Gasteiger partial charge in [0.05, 0.1) is 11.0 Å². The molecule has 1 unspecified atom stereocenters. The highest BCUT2D eigenvalue weighted by atomic mass is 16.6. The second kappa shape index (κ2) is 7.26. The van der Waals surface area contributed by atoms with Crippen molar-refractivity contribution >= 4 is 22.9 Å². The quantitative estimate of drug-likeness (QED) is 0.539. The standard InChI is InChI=1S/C19H20N6O3/c1-13(18-22-21-17-6-2-3-11-24(17)18)20-19(26)14-7-8-15(16(12-14)25(27)28)23-9-4-5-10-23/h2-3,6-8,11-13H,4-5,9-10H2,1H3,(H,20,26). The number of carbonyl (C=O) groups is 1. The molecule has 1 amide bonds. The third kappa shape index (κ3) is 3.26. The summed E-state index contributed by atoms with van der Waals surface area (Å²) in [6.07, 6.45) is 3.86. The van der Waals surface area contributed by atoms with Crippen LogP contribution in [0.5, 0.6) is 0 Å². The normalized spacial score (nSPS) is 15.0. The van der Waals surface area contributed by atoms with Gasteiger partial charge < -0.3 is 10.2 Å². The second-order valence-corrected chi connectivity index (χ2v) is 6.84. The summed E-state index contributed by atoms with van der Waals surface area (Å²) in [6.45, 7) is 3.39. The molecule has 0 aliphatic carbocycles. The average Bonchev–Trinajstić information content (AvgIpc) is 3.37. The van der Waals surface area contributed by atoms with Crippen LogP contribution in [0.4, 0.5) is 11.4 Å². The first kappa shape index (κ1) is 17.9. The van der Waals surface area contributed by atoms with Crippen LogP contribution < -0.4 is 10.2 Å². The van der Waals surface area contributed by atoms with Crippen LogP contribution in [0.2, 0.25) is 0 Å². The van der Waals surface area contributed by atoms with Crippen molar-refractivity contribution in [2.24, 2.45) is 0 Å². The van der Waals surface area contributed by atoms with Crippen LogP contribution in [0.1, 0.15) is 42.0 Å². The Morgan fingerprint density at radius 1 is 1.21 bits per heavy atom. The van der Waals surface area contributed by atoms with E-state index in [1.165, 1.54) is 6.07 Å². The Bertz CT molecular complexity index is 1040. The van der Waals surface area contributed by atoms with E-state index in [1.54, 1.807) is 23.5 Å². The highest BCUT2D eigenvalue weighted by Crippen LogP contribution is 2.31. The fourth-order valence-corrected chi connectivity index (χ4v) is 3.54. The Hall–Kier alpha value is -3.49. The fourth-order valence-electron chi connectivity index (χ4n) is 3.54.